The number of nitrogens with one attached hydrogen (secondary N) is 2. The van der Waals surface area contributed by atoms with E-state index >= 15 is 0 Å². The van der Waals surface area contributed by atoms with Gasteiger partial charge in [0.25, 0.3) is 5.91 Å². The number of carboxylic acid groups (broad SMARTS) is 1. The molecule has 0 bridgehead atoms. The first-order chi connectivity index (χ1) is 9.88. The Hall–Kier alpha value is -2.41. The molecule has 7 heteroatoms. The van der Waals surface area contributed by atoms with Crippen molar-refractivity contribution >= 4 is 23.6 Å². The molecule has 0 fully saturated rings. The van der Waals surface area contributed by atoms with E-state index in [0.29, 0.717) is 11.6 Å². The number of urea groups is 1. The van der Waals surface area contributed by atoms with E-state index in [-0.39, 0.29) is 0 Å². The first-order valence-electron chi connectivity index (χ1n) is 6.39. The lowest BCUT2D eigenvalue weighted by Crippen LogP contribution is -2.37. The van der Waals surface area contributed by atoms with Crippen molar-refractivity contribution in [3.05, 3.63) is 29.8 Å². The van der Waals surface area contributed by atoms with Gasteiger partial charge in [-0.1, -0.05) is 26.0 Å². The highest BCUT2D eigenvalue weighted by Crippen LogP contribution is 2.16. The Morgan fingerprint density at radius 3 is 2.29 bits per heavy atom. The molecule has 0 radical (unpaired) electrons. The van der Waals surface area contributed by atoms with Gasteiger partial charge in [-0.25, -0.2) is 9.59 Å². The molecule has 0 aliphatic heterocycles. The minimum atomic E-state index is -1.18. The van der Waals surface area contributed by atoms with E-state index in [2.05, 4.69) is 23.9 Å². The Morgan fingerprint density at radius 1 is 1.14 bits per heavy atom. The molecule has 1 aromatic carbocycles. The van der Waals surface area contributed by atoms with E-state index in [1.165, 1.54) is 0 Å². The summed E-state index contributed by atoms with van der Waals surface area (Å²) in [5, 5.41) is 12.9. The fourth-order valence-electron chi connectivity index (χ4n) is 1.51. The molecule has 3 amide bonds. The highest BCUT2D eigenvalue weighted by molar-refractivity contribution is 6.01. The molecule has 0 spiro atoms. The molecular formula is C14H18N2O5. The molecule has 0 saturated carbocycles. The number of ether oxygens (including phenoxy) is 1. The van der Waals surface area contributed by atoms with Crippen molar-refractivity contribution in [2.75, 3.05) is 18.5 Å². The van der Waals surface area contributed by atoms with Gasteiger partial charge in [0.1, 0.15) is 13.2 Å². The molecule has 0 unspecified atom stereocenters. The number of benzene rings is 1. The van der Waals surface area contributed by atoms with Crippen molar-refractivity contribution in [1.82, 2.24) is 5.32 Å². The fourth-order valence-corrected chi connectivity index (χ4v) is 1.51. The van der Waals surface area contributed by atoms with Gasteiger partial charge in [0, 0.05) is 5.69 Å². The van der Waals surface area contributed by atoms with Gasteiger partial charge in [0.15, 0.2) is 0 Å². The minimum absolute atomic E-state index is 0.390. The average Bonchev–Trinajstić information content (AvgIpc) is 2.38. The Balaban J connectivity index is 2.39. The van der Waals surface area contributed by atoms with Crippen molar-refractivity contribution in [3.63, 3.8) is 0 Å². The lowest BCUT2D eigenvalue weighted by molar-refractivity contribution is -0.143. The summed E-state index contributed by atoms with van der Waals surface area (Å²) in [6.45, 7) is 3.04. The van der Waals surface area contributed by atoms with E-state index in [9.17, 15) is 14.4 Å². The van der Waals surface area contributed by atoms with Crippen LogP contribution in [0.25, 0.3) is 0 Å². The molecule has 21 heavy (non-hydrogen) atoms. The van der Waals surface area contributed by atoms with Crippen molar-refractivity contribution in [2.45, 2.75) is 19.8 Å². The summed E-state index contributed by atoms with van der Waals surface area (Å²) in [4.78, 5) is 33.0. The van der Waals surface area contributed by atoms with Crippen LogP contribution in [-0.4, -0.2) is 36.2 Å². The van der Waals surface area contributed by atoms with Gasteiger partial charge in [-0.2, -0.15) is 0 Å². The van der Waals surface area contributed by atoms with Gasteiger partial charge in [-0.05, 0) is 23.6 Å². The third kappa shape index (κ3) is 6.53. The number of anilines is 1. The largest absolute Gasteiger partial charge is 0.480 e. The Bertz CT molecular complexity index is 511. The highest BCUT2D eigenvalue weighted by Gasteiger charge is 2.09. The second kappa shape index (κ2) is 8.01. The summed E-state index contributed by atoms with van der Waals surface area (Å²) in [5.41, 5.74) is 1.69. The predicted molar refractivity (Wildman–Crippen MR) is 76.1 cm³/mol. The summed E-state index contributed by atoms with van der Waals surface area (Å²) in [6.07, 6.45) is 0. The van der Waals surface area contributed by atoms with Crippen LogP contribution in [0.15, 0.2) is 24.3 Å². The van der Waals surface area contributed by atoms with Crippen LogP contribution in [0.1, 0.15) is 25.3 Å². The molecule has 3 N–H and O–H groups in total. The fraction of sp³-hybridized carbons (Fsp3) is 0.357. The van der Waals surface area contributed by atoms with Crippen molar-refractivity contribution in [2.24, 2.45) is 0 Å². The maximum atomic E-state index is 11.5. The van der Waals surface area contributed by atoms with Crippen molar-refractivity contribution in [1.29, 1.82) is 0 Å². The highest BCUT2D eigenvalue weighted by atomic mass is 16.5. The summed E-state index contributed by atoms with van der Waals surface area (Å²) >= 11 is 0. The smallest absolute Gasteiger partial charge is 0.329 e. The van der Waals surface area contributed by atoms with Crippen LogP contribution < -0.4 is 10.6 Å². The van der Waals surface area contributed by atoms with Crippen LogP contribution >= 0.6 is 0 Å². The molecule has 0 aromatic heterocycles. The van der Waals surface area contributed by atoms with Gasteiger partial charge in [0.2, 0.25) is 0 Å². The zero-order chi connectivity index (χ0) is 15.8. The number of amides is 3. The van der Waals surface area contributed by atoms with E-state index in [4.69, 9.17) is 5.11 Å². The van der Waals surface area contributed by atoms with E-state index < -0.39 is 31.1 Å². The molecule has 0 atom stereocenters. The number of carboxylic acids is 1. The first-order valence-corrected chi connectivity index (χ1v) is 6.39. The van der Waals surface area contributed by atoms with Gasteiger partial charge < -0.3 is 15.2 Å². The summed E-state index contributed by atoms with van der Waals surface area (Å²) in [6, 6.07) is 6.55. The number of hydrogen-bond donors (Lipinski definition) is 3. The van der Waals surface area contributed by atoms with Crippen LogP contribution in [0.4, 0.5) is 10.5 Å². The molecule has 114 valence electrons. The quantitative estimate of drug-likeness (QED) is 0.738. The van der Waals surface area contributed by atoms with Crippen molar-refractivity contribution < 1.29 is 24.2 Å². The van der Waals surface area contributed by atoms with Crippen LogP contribution in [0.5, 0.6) is 0 Å². The SMILES string of the molecule is CC(C)c1ccc(NC(=O)NC(=O)COCC(=O)O)cc1. The standard InChI is InChI=1S/C14H18N2O5/c1-9(2)10-3-5-11(6-4-10)15-14(20)16-12(17)7-21-8-13(18)19/h3-6,9H,7-8H2,1-2H3,(H,18,19)(H2,15,16,17,20). The third-order valence-corrected chi connectivity index (χ3v) is 2.55. The molecule has 7 nitrogen and oxygen atoms in total. The molecule has 1 rings (SSSR count). The summed E-state index contributed by atoms with van der Waals surface area (Å²) in [5.74, 6) is -1.51. The second-order valence-electron chi connectivity index (χ2n) is 4.67. The zero-order valence-corrected chi connectivity index (χ0v) is 11.9. The molecule has 0 aliphatic carbocycles. The Labute approximate surface area is 122 Å². The van der Waals surface area contributed by atoms with E-state index in [1.807, 2.05) is 17.4 Å². The van der Waals surface area contributed by atoms with Crippen LogP contribution in [-0.2, 0) is 14.3 Å². The number of rotatable bonds is 6. The lowest BCUT2D eigenvalue weighted by Gasteiger charge is -2.09. The summed E-state index contributed by atoms with van der Waals surface area (Å²) in [7, 11) is 0. The molecular weight excluding hydrogens is 276 g/mol. The van der Waals surface area contributed by atoms with Crippen molar-refractivity contribution in [3.8, 4) is 0 Å². The molecule has 0 saturated heterocycles. The van der Waals surface area contributed by atoms with Crippen LogP contribution in [0.3, 0.4) is 0 Å². The number of imide groups is 1. The third-order valence-electron chi connectivity index (χ3n) is 2.55. The van der Waals surface area contributed by atoms with Crippen LogP contribution in [0.2, 0.25) is 0 Å². The Morgan fingerprint density at radius 2 is 1.76 bits per heavy atom. The monoisotopic (exact) mass is 294 g/mol. The second-order valence-corrected chi connectivity index (χ2v) is 4.67. The normalized spacial score (nSPS) is 10.2. The number of hydrogen-bond acceptors (Lipinski definition) is 4. The first kappa shape index (κ1) is 16.6. The number of carbonyl (C=O) groups excluding carboxylic acids is 2. The average molecular weight is 294 g/mol. The number of aliphatic carboxylic acids is 1. The lowest BCUT2D eigenvalue weighted by atomic mass is 10.0. The van der Waals surface area contributed by atoms with Gasteiger partial charge >= 0.3 is 12.0 Å². The van der Waals surface area contributed by atoms with Gasteiger partial charge in [-0.3, -0.25) is 10.1 Å². The molecule has 1 aromatic rings. The Kier molecular flexibility index (Phi) is 6.35. The van der Waals surface area contributed by atoms with Gasteiger partial charge in [-0.15, -0.1) is 0 Å². The van der Waals surface area contributed by atoms with E-state index in [0.717, 1.165) is 5.56 Å². The number of carbonyl (C=O) groups is 3. The zero-order valence-electron chi connectivity index (χ0n) is 11.9. The van der Waals surface area contributed by atoms with Gasteiger partial charge in [0.05, 0.1) is 0 Å². The minimum Gasteiger partial charge on any atom is -0.480 e. The predicted octanol–water partition coefficient (Wildman–Crippen LogP) is 1.56. The summed E-state index contributed by atoms with van der Waals surface area (Å²) < 4.78 is 4.56. The molecule has 0 heterocycles. The van der Waals surface area contributed by atoms with E-state index in [1.54, 1.807) is 12.1 Å². The molecule has 0 aliphatic rings. The maximum Gasteiger partial charge on any atom is 0.329 e. The topological polar surface area (TPSA) is 105 Å². The van der Waals surface area contributed by atoms with Crippen LogP contribution in [0, 0.1) is 0 Å². The maximum absolute atomic E-state index is 11.5.